The standard InChI is InChI=1S/C44H42/c1-34(43(40-18-10-5-11-19-40)32-35-16-8-3-2-4-9-17-35)37-28-30-39(31-29-37)38-26-24-36(25-27-38)33-44(41-20-12-6-13-21-41)42-22-14-7-15-23-42/h3,5-8,10-16,18-31,33-34,43H,2,4,9,17,32H2,1H3/b8-3-,35-16+. The van der Waals surface area contributed by atoms with Gasteiger partial charge in [-0.05, 0) is 94.5 Å². The van der Waals surface area contributed by atoms with E-state index in [4.69, 9.17) is 0 Å². The molecule has 0 aliphatic heterocycles. The van der Waals surface area contributed by atoms with Crippen molar-refractivity contribution in [3.63, 3.8) is 0 Å². The smallest absolute Gasteiger partial charge is 0.00584 e. The normalized spacial score (nSPS) is 16.4. The van der Waals surface area contributed by atoms with Crippen molar-refractivity contribution in [3.8, 4) is 11.1 Å². The molecule has 0 fully saturated rings. The van der Waals surface area contributed by atoms with Crippen LogP contribution in [0.15, 0.2) is 163 Å². The Labute approximate surface area is 264 Å². The van der Waals surface area contributed by atoms with Crippen LogP contribution in [0.1, 0.15) is 78.7 Å². The summed E-state index contributed by atoms with van der Waals surface area (Å²) in [5, 5.41) is 0. The molecule has 0 nitrogen and oxygen atoms in total. The van der Waals surface area contributed by atoms with Crippen LogP contribution < -0.4 is 0 Å². The minimum Gasteiger partial charge on any atom is -0.0845 e. The van der Waals surface area contributed by atoms with Gasteiger partial charge in [0.15, 0.2) is 0 Å². The third-order valence-electron chi connectivity index (χ3n) is 9.06. The highest BCUT2D eigenvalue weighted by Gasteiger charge is 2.22. The van der Waals surface area contributed by atoms with Crippen molar-refractivity contribution in [3.05, 3.63) is 191 Å². The number of allylic oxidation sites excluding steroid dienone is 4. The van der Waals surface area contributed by atoms with Gasteiger partial charge in [0.1, 0.15) is 0 Å². The lowest BCUT2D eigenvalue weighted by molar-refractivity contribution is 0.555. The molecular formula is C44H42. The van der Waals surface area contributed by atoms with E-state index in [9.17, 15) is 0 Å². The zero-order chi connectivity index (χ0) is 30.0. The molecule has 0 radical (unpaired) electrons. The van der Waals surface area contributed by atoms with Crippen molar-refractivity contribution in [2.45, 2.75) is 50.9 Å². The summed E-state index contributed by atoms with van der Waals surface area (Å²) >= 11 is 0. The van der Waals surface area contributed by atoms with Gasteiger partial charge in [0.25, 0.3) is 0 Å². The molecule has 0 aromatic heterocycles. The highest BCUT2D eigenvalue weighted by molar-refractivity contribution is 5.91. The molecule has 0 saturated carbocycles. The Kier molecular flexibility index (Phi) is 9.80. The Balaban J connectivity index is 1.22. The number of rotatable bonds is 9. The zero-order valence-corrected chi connectivity index (χ0v) is 25.8. The Morgan fingerprint density at radius 3 is 1.80 bits per heavy atom. The van der Waals surface area contributed by atoms with E-state index < -0.39 is 0 Å². The van der Waals surface area contributed by atoms with Crippen LogP contribution in [-0.4, -0.2) is 0 Å². The molecule has 2 unspecified atom stereocenters. The summed E-state index contributed by atoms with van der Waals surface area (Å²) in [7, 11) is 0. The van der Waals surface area contributed by atoms with E-state index in [0.717, 1.165) is 6.42 Å². The molecule has 5 aromatic carbocycles. The Hall–Kier alpha value is -4.68. The first kappa shape index (κ1) is 29.4. The van der Waals surface area contributed by atoms with E-state index in [1.165, 1.54) is 70.2 Å². The van der Waals surface area contributed by atoms with Crippen molar-refractivity contribution in [2.24, 2.45) is 0 Å². The SMILES string of the molecule is CC(c1ccc(-c2ccc(C=C(c3ccccc3)c3ccccc3)cc2)cc1)C(C/C1=C/C=C\CCCC1)c1ccccc1. The molecule has 2 atom stereocenters. The molecule has 1 aliphatic rings. The average molecular weight is 571 g/mol. The first-order valence-corrected chi connectivity index (χ1v) is 16.2. The van der Waals surface area contributed by atoms with Gasteiger partial charge in [-0.15, -0.1) is 0 Å². The summed E-state index contributed by atoms with van der Waals surface area (Å²) in [4.78, 5) is 0. The lowest BCUT2D eigenvalue weighted by Gasteiger charge is -2.27. The molecule has 0 spiro atoms. The Bertz CT molecular complexity index is 1650. The topological polar surface area (TPSA) is 0 Å². The van der Waals surface area contributed by atoms with Gasteiger partial charge in [0.2, 0.25) is 0 Å². The van der Waals surface area contributed by atoms with Gasteiger partial charge >= 0.3 is 0 Å². The van der Waals surface area contributed by atoms with Gasteiger partial charge in [0.05, 0.1) is 0 Å². The van der Waals surface area contributed by atoms with Crippen molar-refractivity contribution in [2.75, 3.05) is 0 Å². The number of hydrogen-bond donors (Lipinski definition) is 0. The van der Waals surface area contributed by atoms with Crippen molar-refractivity contribution < 1.29 is 0 Å². The molecule has 218 valence electrons. The monoisotopic (exact) mass is 570 g/mol. The van der Waals surface area contributed by atoms with Crippen molar-refractivity contribution in [1.82, 2.24) is 0 Å². The third-order valence-corrected chi connectivity index (χ3v) is 9.06. The van der Waals surface area contributed by atoms with Crippen LogP contribution >= 0.6 is 0 Å². The molecule has 0 bridgehead atoms. The molecular weight excluding hydrogens is 528 g/mol. The lowest BCUT2D eigenvalue weighted by Crippen LogP contribution is -2.10. The van der Waals surface area contributed by atoms with E-state index >= 15 is 0 Å². The van der Waals surface area contributed by atoms with Gasteiger partial charge < -0.3 is 0 Å². The van der Waals surface area contributed by atoms with Crippen molar-refractivity contribution in [1.29, 1.82) is 0 Å². The minimum absolute atomic E-state index is 0.420. The second kappa shape index (κ2) is 14.7. The van der Waals surface area contributed by atoms with E-state index in [0.29, 0.717) is 11.8 Å². The van der Waals surface area contributed by atoms with Crippen LogP contribution in [0.4, 0.5) is 0 Å². The van der Waals surface area contributed by atoms with E-state index in [-0.39, 0.29) is 0 Å². The molecule has 0 amide bonds. The predicted octanol–water partition coefficient (Wildman–Crippen LogP) is 12.3. The van der Waals surface area contributed by atoms with Crippen molar-refractivity contribution >= 4 is 11.6 Å². The highest BCUT2D eigenvalue weighted by Crippen LogP contribution is 2.39. The first-order valence-electron chi connectivity index (χ1n) is 16.2. The number of hydrogen-bond acceptors (Lipinski definition) is 0. The minimum atomic E-state index is 0.420. The van der Waals surface area contributed by atoms with E-state index in [2.05, 4.69) is 171 Å². The summed E-state index contributed by atoms with van der Waals surface area (Å²) in [5.41, 5.74) is 11.8. The van der Waals surface area contributed by atoms with Gasteiger partial charge in [-0.1, -0.05) is 170 Å². The van der Waals surface area contributed by atoms with Crippen LogP contribution in [0.5, 0.6) is 0 Å². The van der Waals surface area contributed by atoms with Crippen LogP contribution in [0.3, 0.4) is 0 Å². The zero-order valence-electron chi connectivity index (χ0n) is 25.8. The van der Waals surface area contributed by atoms with Crippen LogP contribution in [-0.2, 0) is 0 Å². The molecule has 1 aliphatic carbocycles. The Morgan fingerprint density at radius 2 is 1.18 bits per heavy atom. The summed E-state index contributed by atoms with van der Waals surface area (Å²) in [5.74, 6) is 0.874. The summed E-state index contributed by atoms with van der Waals surface area (Å²) in [6.45, 7) is 2.41. The fourth-order valence-corrected chi connectivity index (χ4v) is 6.45. The molecule has 5 aromatic rings. The summed E-state index contributed by atoms with van der Waals surface area (Å²) < 4.78 is 0. The largest absolute Gasteiger partial charge is 0.0845 e. The van der Waals surface area contributed by atoms with E-state index in [1.54, 1.807) is 5.57 Å². The van der Waals surface area contributed by atoms with Gasteiger partial charge in [0, 0.05) is 0 Å². The molecule has 0 heteroatoms. The molecule has 44 heavy (non-hydrogen) atoms. The summed E-state index contributed by atoms with van der Waals surface area (Å²) in [6, 6.07) is 50.7. The second-order valence-electron chi connectivity index (χ2n) is 12.0. The predicted molar refractivity (Wildman–Crippen MR) is 190 cm³/mol. The van der Waals surface area contributed by atoms with Gasteiger partial charge in [-0.3, -0.25) is 0 Å². The molecule has 0 heterocycles. The fourth-order valence-electron chi connectivity index (χ4n) is 6.45. The molecule has 0 N–H and O–H groups in total. The van der Waals surface area contributed by atoms with Gasteiger partial charge in [-0.2, -0.15) is 0 Å². The second-order valence-corrected chi connectivity index (χ2v) is 12.0. The van der Waals surface area contributed by atoms with E-state index in [1.807, 2.05) is 0 Å². The lowest BCUT2D eigenvalue weighted by atomic mass is 9.77. The quantitative estimate of drug-likeness (QED) is 0.155. The van der Waals surface area contributed by atoms with Crippen LogP contribution in [0.2, 0.25) is 0 Å². The fraction of sp³-hybridized carbons (Fsp3) is 0.182. The third kappa shape index (κ3) is 7.44. The van der Waals surface area contributed by atoms with Gasteiger partial charge in [-0.25, -0.2) is 0 Å². The van der Waals surface area contributed by atoms with Crippen LogP contribution in [0, 0.1) is 0 Å². The summed E-state index contributed by atoms with van der Waals surface area (Å²) in [6.07, 6.45) is 15.4. The Morgan fingerprint density at radius 1 is 0.614 bits per heavy atom. The molecule has 6 rings (SSSR count). The number of benzene rings is 5. The maximum absolute atomic E-state index is 2.41. The maximum atomic E-state index is 2.41. The van der Waals surface area contributed by atoms with Crippen LogP contribution in [0.25, 0.3) is 22.8 Å². The first-order chi connectivity index (χ1) is 21.7. The average Bonchev–Trinajstić information content (AvgIpc) is 3.08. The highest BCUT2D eigenvalue weighted by atomic mass is 14.3. The molecule has 0 saturated heterocycles. The maximum Gasteiger partial charge on any atom is -0.00584 e.